The van der Waals surface area contributed by atoms with Gasteiger partial charge in [0.05, 0.1) is 0 Å². The molecule has 2 rings (SSSR count). The highest BCUT2D eigenvalue weighted by molar-refractivity contribution is 5.57. The van der Waals surface area contributed by atoms with Crippen LogP contribution in [0, 0.1) is 11.8 Å². The van der Waals surface area contributed by atoms with Crippen molar-refractivity contribution in [2.24, 2.45) is 11.8 Å². The van der Waals surface area contributed by atoms with Crippen LogP contribution < -0.4 is 10.2 Å². The van der Waals surface area contributed by atoms with Crippen LogP contribution in [0.15, 0.2) is 24.3 Å². The molecule has 1 aromatic rings. The van der Waals surface area contributed by atoms with E-state index < -0.39 is 0 Å². The lowest BCUT2D eigenvalue weighted by atomic mass is 9.79. The average Bonchev–Trinajstić information content (AvgIpc) is 2.39. The SMILES string of the molecule is CC(C)C1CCC(Nc2cccc(N(C)C)c2)CC1. The predicted octanol–water partition coefficient (Wildman–Crippen LogP) is 4.38. The molecule has 0 heterocycles. The lowest BCUT2D eigenvalue weighted by molar-refractivity contribution is 0.267. The minimum absolute atomic E-state index is 0.660. The summed E-state index contributed by atoms with van der Waals surface area (Å²) in [7, 11) is 4.18. The van der Waals surface area contributed by atoms with Crippen LogP contribution in [-0.2, 0) is 0 Å². The molecule has 106 valence electrons. The maximum absolute atomic E-state index is 3.71. The summed E-state index contributed by atoms with van der Waals surface area (Å²) in [6, 6.07) is 9.38. The Kier molecular flexibility index (Phi) is 4.73. The van der Waals surface area contributed by atoms with Gasteiger partial charge in [-0.15, -0.1) is 0 Å². The second kappa shape index (κ2) is 6.31. The molecule has 19 heavy (non-hydrogen) atoms. The molecule has 0 radical (unpaired) electrons. The van der Waals surface area contributed by atoms with Gasteiger partial charge in [-0.25, -0.2) is 0 Å². The zero-order valence-electron chi connectivity index (χ0n) is 12.8. The van der Waals surface area contributed by atoms with Gasteiger partial charge in [0.25, 0.3) is 0 Å². The van der Waals surface area contributed by atoms with Crippen molar-refractivity contribution in [3.8, 4) is 0 Å². The standard InChI is InChI=1S/C17H28N2/c1-13(2)14-8-10-15(11-9-14)18-16-6-5-7-17(12-16)19(3)4/h5-7,12-15,18H,8-11H2,1-4H3. The Morgan fingerprint density at radius 1 is 1.11 bits per heavy atom. The van der Waals surface area contributed by atoms with Crippen LogP contribution >= 0.6 is 0 Å². The fourth-order valence-electron chi connectivity index (χ4n) is 3.04. The van der Waals surface area contributed by atoms with Gasteiger partial charge in [-0.05, 0) is 55.7 Å². The summed E-state index contributed by atoms with van der Waals surface area (Å²) in [5, 5.41) is 3.71. The third-order valence-electron chi connectivity index (χ3n) is 4.45. The Morgan fingerprint density at radius 3 is 2.37 bits per heavy atom. The summed E-state index contributed by atoms with van der Waals surface area (Å²) in [5.41, 5.74) is 2.53. The molecule has 0 bridgehead atoms. The highest BCUT2D eigenvalue weighted by Gasteiger charge is 2.22. The van der Waals surface area contributed by atoms with Crippen molar-refractivity contribution in [1.82, 2.24) is 0 Å². The molecule has 1 N–H and O–H groups in total. The van der Waals surface area contributed by atoms with E-state index in [-0.39, 0.29) is 0 Å². The smallest absolute Gasteiger partial charge is 0.0381 e. The largest absolute Gasteiger partial charge is 0.382 e. The monoisotopic (exact) mass is 260 g/mol. The Morgan fingerprint density at radius 2 is 1.79 bits per heavy atom. The van der Waals surface area contributed by atoms with Gasteiger partial charge in [0.2, 0.25) is 0 Å². The fraction of sp³-hybridized carbons (Fsp3) is 0.647. The molecule has 1 fully saturated rings. The normalized spacial score (nSPS) is 23.4. The van der Waals surface area contributed by atoms with E-state index >= 15 is 0 Å². The van der Waals surface area contributed by atoms with Crippen LogP contribution in [-0.4, -0.2) is 20.1 Å². The molecule has 1 aromatic carbocycles. The first-order chi connectivity index (χ1) is 9.06. The second-order valence-electron chi connectivity index (χ2n) is 6.44. The molecule has 2 nitrogen and oxygen atoms in total. The molecule has 2 heteroatoms. The van der Waals surface area contributed by atoms with Gasteiger partial charge in [0, 0.05) is 31.5 Å². The number of nitrogens with one attached hydrogen (secondary N) is 1. The predicted molar refractivity (Wildman–Crippen MR) is 85.0 cm³/mol. The second-order valence-corrected chi connectivity index (χ2v) is 6.44. The quantitative estimate of drug-likeness (QED) is 0.864. The van der Waals surface area contributed by atoms with E-state index in [4.69, 9.17) is 0 Å². The summed E-state index contributed by atoms with van der Waals surface area (Å²) < 4.78 is 0. The summed E-state index contributed by atoms with van der Waals surface area (Å²) in [6.07, 6.45) is 5.38. The van der Waals surface area contributed by atoms with Crippen molar-refractivity contribution in [3.63, 3.8) is 0 Å². The van der Waals surface area contributed by atoms with E-state index in [1.54, 1.807) is 0 Å². The lowest BCUT2D eigenvalue weighted by Crippen LogP contribution is -2.27. The summed E-state index contributed by atoms with van der Waals surface area (Å²) in [6.45, 7) is 4.72. The molecular formula is C17H28N2. The average molecular weight is 260 g/mol. The van der Waals surface area contributed by atoms with Gasteiger partial charge in [0.1, 0.15) is 0 Å². The van der Waals surface area contributed by atoms with Gasteiger partial charge in [0.15, 0.2) is 0 Å². The summed E-state index contributed by atoms with van der Waals surface area (Å²) in [4.78, 5) is 2.15. The fourth-order valence-corrected chi connectivity index (χ4v) is 3.04. The molecule has 1 aliphatic carbocycles. The number of anilines is 2. The van der Waals surface area contributed by atoms with E-state index in [1.807, 2.05) is 0 Å². The van der Waals surface area contributed by atoms with Crippen LogP contribution in [0.1, 0.15) is 39.5 Å². The molecule has 0 aliphatic heterocycles. The number of hydrogen-bond donors (Lipinski definition) is 1. The highest BCUT2D eigenvalue weighted by Crippen LogP contribution is 2.31. The molecule has 1 saturated carbocycles. The molecule has 0 aromatic heterocycles. The molecule has 0 saturated heterocycles. The number of benzene rings is 1. The first-order valence-electron chi connectivity index (χ1n) is 7.60. The third-order valence-corrected chi connectivity index (χ3v) is 4.45. The van der Waals surface area contributed by atoms with Gasteiger partial charge in [-0.2, -0.15) is 0 Å². The van der Waals surface area contributed by atoms with Crippen LogP contribution in [0.25, 0.3) is 0 Å². The molecule has 0 amide bonds. The van der Waals surface area contributed by atoms with Gasteiger partial charge in [-0.3, -0.25) is 0 Å². The van der Waals surface area contributed by atoms with Crippen molar-refractivity contribution >= 4 is 11.4 Å². The molecule has 0 spiro atoms. The van der Waals surface area contributed by atoms with Crippen LogP contribution in [0.4, 0.5) is 11.4 Å². The Balaban J connectivity index is 1.90. The van der Waals surface area contributed by atoms with E-state index in [0.717, 1.165) is 11.8 Å². The number of nitrogens with zero attached hydrogens (tertiary/aromatic N) is 1. The molecule has 1 aliphatic rings. The van der Waals surface area contributed by atoms with Crippen LogP contribution in [0.2, 0.25) is 0 Å². The third kappa shape index (κ3) is 3.89. The van der Waals surface area contributed by atoms with E-state index in [1.165, 1.54) is 37.1 Å². The van der Waals surface area contributed by atoms with Crippen molar-refractivity contribution in [1.29, 1.82) is 0 Å². The Bertz CT molecular complexity index is 390. The molecule has 0 unspecified atom stereocenters. The van der Waals surface area contributed by atoms with Crippen molar-refractivity contribution in [2.75, 3.05) is 24.3 Å². The Hall–Kier alpha value is -1.18. The maximum Gasteiger partial charge on any atom is 0.0381 e. The highest BCUT2D eigenvalue weighted by atomic mass is 15.1. The zero-order chi connectivity index (χ0) is 13.8. The van der Waals surface area contributed by atoms with Crippen molar-refractivity contribution in [2.45, 2.75) is 45.6 Å². The zero-order valence-corrected chi connectivity index (χ0v) is 12.8. The first kappa shape index (κ1) is 14.2. The van der Waals surface area contributed by atoms with E-state index in [2.05, 4.69) is 62.4 Å². The van der Waals surface area contributed by atoms with Gasteiger partial charge < -0.3 is 10.2 Å². The summed E-state index contributed by atoms with van der Waals surface area (Å²) in [5.74, 6) is 1.78. The lowest BCUT2D eigenvalue weighted by Gasteiger charge is -2.32. The van der Waals surface area contributed by atoms with Crippen LogP contribution in [0.5, 0.6) is 0 Å². The summed E-state index contributed by atoms with van der Waals surface area (Å²) >= 11 is 0. The Labute approximate surface area is 118 Å². The van der Waals surface area contributed by atoms with Crippen molar-refractivity contribution in [3.05, 3.63) is 24.3 Å². The minimum atomic E-state index is 0.660. The van der Waals surface area contributed by atoms with E-state index in [0.29, 0.717) is 6.04 Å². The van der Waals surface area contributed by atoms with Crippen LogP contribution in [0.3, 0.4) is 0 Å². The minimum Gasteiger partial charge on any atom is -0.382 e. The van der Waals surface area contributed by atoms with Gasteiger partial charge in [-0.1, -0.05) is 19.9 Å². The topological polar surface area (TPSA) is 15.3 Å². The van der Waals surface area contributed by atoms with Crippen molar-refractivity contribution < 1.29 is 0 Å². The molecule has 0 atom stereocenters. The first-order valence-corrected chi connectivity index (χ1v) is 7.60. The van der Waals surface area contributed by atoms with Gasteiger partial charge >= 0.3 is 0 Å². The maximum atomic E-state index is 3.71. The molecular weight excluding hydrogens is 232 g/mol. The number of hydrogen-bond acceptors (Lipinski definition) is 2. The van der Waals surface area contributed by atoms with E-state index in [9.17, 15) is 0 Å². The number of rotatable bonds is 4.